The van der Waals surface area contributed by atoms with E-state index in [0.29, 0.717) is 5.56 Å². The summed E-state index contributed by atoms with van der Waals surface area (Å²) < 4.78 is 13.5. The third-order valence-electron chi connectivity index (χ3n) is 2.52. The van der Waals surface area contributed by atoms with Crippen molar-refractivity contribution in [2.45, 2.75) is 12.5 Å². The highest BCUT2D eigenvalue weighted by molar-refractivity contribution is 5.32. The van der Waals surface area contributed by atoms with Crippen LogP contribution in [0.15, 0.2) is 43.0 Å². The van der Waals surface area contributed by atoms with Crippen LogP contribution in [0.5, 0.6) is 0 Å². The Morgan fingerprint density at radius 1 is 1.19 bits per heavy atom. The topological polar surface area (TPSA) is 46.0 Å². The number of nitrogens with zero attached hydrogens (tertiary/aromatic N) is 2. The van der Waals surface area contributed by atoms with Crippen LogP contribution >= 0.6 is 0 Å². The molecule has 0 amide bonds. The summed E-state index contributed by atoms with van der Waals surface area (Å²) in [6.07, 6.45) is 5.64. The Hall–Kier alpha value is -1.81. The fourth-order valence-corrected chi connectivity index (χ4v) is 1.58. The summed E-state index contributed by atoms with van der Waals surface area (Å²) >= 11 is 0. The SMILES string of the molecule is CC(O)(c1cccnc1)c1ccncc1F. The van der Waals surface area contributed by atoms with Crippen molar-refractivity contribution in [2.75, 3.05) is 0 Å². The van der Waals surface area contributed by atoms with Crippen LogP contribution in [0, 0.1) is 5.82 Å². The minimum absolute atomic E-state index is 0.190. The number of rotatable bonds is 2. The molecule has 0 saturated heterocycles. The van der Waals surface area contributed by atoms with E-state index in [-0.39, 0.29) is 5.56 Å². The van der Waals surface area contributed by atoms with Gasteiger partial charge in [-0.3, -0.25) is 9.97 Å². The monoisotopic (exact) mass is 218 g/mol. The number of aliphatic hydroxyl groups is 1. The fraction of sp³-hybridized carbons (Fsp3) is 0.167. The zero-order valence-corrected chi connectivity index (χ0v) is 8.76. The Balaban J connectivity index is 2.51. The minimum Gasteiger partial charge on any atom is -0.381 e. The molecule has 0 bridgehead atoms. The van der Waals surface area contributed by atoms with E-state index in [9.17, 15) is 9.50 Å². The van der Waals surface area contributed by atoms with Crippen LogP contribution in [0.2, 0.25) is 0 Å². The molecule has 1 N–H and O–H groups in total. The normalized spacial score (nSPS) is 14.4. The van der Waals surface area contributed by atoms with Gasteiger partial charge in [-0.2, -0.15) is 0 Å². The van der Waals surface area contributed by atoms with E-state index < -0.39 is 11.4 Å². The Labute approximate surface area is 92.6 Å². The lowest BCUT2D eigenvalue weighted by molar-refractivity contribution is 0.0974. The first kappa shape index (κ1) is 10.7. The first-order valence-electron chi connectivity index (χ1n) is 4.85. The number of halogens is 1. The van der Waals surface area contributed by atoms with Gasteiger partial charge < -0.3 is 5.11 Å². The van der Waals surface area contributed by atoms with E-state index in [1.54, 1.807) is 18.3 Å². The van der Waals surface area contributed by atoms with Crippen LogP contribution in [0.25, 0.3) is 0 Å². The van der Waals surface area contributed by atoms with E-state index in [1.165, 1.54) is 25.4 Å². The Bertz CT molecular complexity index is 485. The first-order valence-corrected chi connectivity index (χ1v) is 4.85. The minimum atomic E-state index is -1.40. The average molecular weight is 218 g/mol. The summed E-state index contributed by atoms with van der Waals surface area (Å²) in [4.78, 5) is 7.56. The van der Waals surface area contributed by atoms with Gasteiger partial charge in [0.1, 0.15) is 11.4 Å². The lowest BCUT2D eigenvalue weighted by atomic mass is 9.90. The zero-order chi connectivity index (χ0) is 11.6. The van der Waals surface area contributed by atoms with Crippen molar-refractivity contribution in [1.29, 1.82) is 0 Å². The third kappa shape index (κ3) is 1.79. The van der Waals surface area contributed by atoms with E-state index in [2.05, 4.69) is 9.97 Å². The van der Waals surface area contributed by atoms with Gasteiger partial charge in [0, 0.05) is 29.7 Å². The van der Waals surface area contributed by atoms with Crippen LogP contribution in [0.4, 0.5) is 4.39 Å². The maximum absolute atomic E-state index is 13.5. The van der Waals surface area contributed by atoms with E-state index in [0.717, 1.165) is 6.20 Å². The van der Waals surface area contributed by atoms with E-state index >= 15 is 0 Å². The Morgan fingerprint density at radius 2 is 1.94 bits per heavy atom. The second-order valence-electron chi connectivity index (χ2n) is 3.67. The molecule has 0 spiro atoms. The van der Waals surface area contributed by atoms with Crippen molar-refractivity contribution >= 4 is 0 Å². The molecule has 0 aromatic carbocycles. The van der Waals surface area contributed by atoms with Gasteiger partial charge in [-0.25, -0.2) is 4.39 Å². The predicted octanol–water partition coefficient (Wildman–Crippen LogP) is 1.87. The molecule has 0 aliphatic heterocycles. The molecular formula is C12H11FN2O. The average Bonchev–Trinajstić information content (AvgIpc) is 2.30. The molecule has 16 heavy (non-hydrogen) atoms. The molecule has 1 unspecified atom stereocenters. The van der Waals surface area contributed by atoms with Crippen molar-refractivity contribution < 1.29 is 9.50 Å². The summed E-state index contributed by atoms with van der Waals surface area (Å²) in [7, 11) is 0. The van der Waals surface area contributed by atoms with Gasteiger partial charge in [-0.1, -0.05) is 6.07 Å². The standard InChI is InChI=1S/C12H11FN2O/c1-12(16,9-3-2-5-14-7-9)10-4-6-15-8-11(10)13/h2-8,16H,1H3. The predicted molar refractivity (Wildman–Crippen MR) is 57.1 cm³/mol. The summed E-state index contributed by atoms with van der Waals surface area (Å²) in [6.45, 7) is 1.53. The molecule has 0 aliphatic carbocycles. The quantitative estimate of drug-likeness (QED) is 0.837. The molecule has 2 aromatic rings. The van der Waals surface area contributed by atoms with Crippen LogP contribution < -0.4 is 0 Å². The van der Waals surface area contributed by atoms with Gasteiger partial charge in [-0.15, -0.1) is 0 Å². The molecule has 0 saturated carbocycles. The van der Waals surface area contributed by atoms with Crippen LogP contribution in [-0.2, 0) is 5.60 Å². The van der Waals surface area contributed by atoms with Crippen molar-refractivity contribution in [1.82, 2.24) is 9.97 Å². The molecule has 2 heterocycles. The van der Waals surface area contributed by atoms with Crippen LogP contribution in [0.1, 0.15) is 18.1 Å². The molecular weight excluding hydrogens is 207 g/mol. The Morgan fingerprint density at radius 3 is 2.56 bits per heavy atom. The summed E-state index contributed by atoms with van der Waals surface area (Å²) in [6, 6.07) is 4.86. The molecule has 0 aliphatic rings. The summed E-state index contributed by atoms with van der Waals surface area (Å²) in [5.74, 6) is -0.531. The Kier molecular flexibility index (Phi) is 2.66. The molecule has 3 nitrogen and oxygen atoms in total. The largest absolute Gasteiger partial charge is 0.381 e. The zero-order valence-electron chi connectivity index (χ0n) is 8.76. The van der Waals surface area contributed by atoms with Crippen molar-refractivity contribution in [3.05, 3.63) is 59.9 Å². The third-order valence-corrected chi connectivity index (χ3v) is 2.52. The van der Waals surface area contributed by atoms with Gasteiger partial charge in [-0.05, 0) is 19.1 Å². The molecule has 2 rings (SSSR count). The van der Waals surface area contributed by atoms with Crippen molar-refractivity contribution in [2.24, 2.45) is 0 Å². The number of hydrogen-bond acceptors (Lipinski definition) is 3. The molecule has 4 heteroatoms. The highest BCUT2D eigenvalue weighted by atomic mass is 19.1. The summed E-state index contributed by atoms with van der Waals surface area (Å²) in [5.41, 5.74) is -0.669. The lowest BCUT2D eigenvalue weighted by Crippen LogP contribution is -2.24. The maximum Gasteiger partial charge on any atom is 0.147 e. The number of hydrogen-bond donors (Lipinski definition) is 1. The smallest absolute Gasteiger partial charge is 0.147 e. The van der Waals surface area contributed by atoms with Gasteiger partial charge in [0.15, 0.2) is 0 Å². The lowest BCUT2D eigenvalue weighted by Gasteiger charge is -2.24. The van der Waals surface area contributed by atoms with Gasteiger partial charge in [0.25, 0.3) is 0 Å². The van der Waals surface area contributed by atoms with Crippen LogP contribution in [0.3, 0.4) is 0 Å². The second kappa shape index (κ2) is 3.98. The summed E-state index contributed by atoms with van der Waals surface area (Å²) in [5, 5.41) is 10.3. The van der Waals surface area contributed by atoms with Crippen molar-refractivity contribution in [3.63, 3.8) is 0 Å². The molecule has 0 fully saturated rings. The number of aromatic nitrogens is 2. The molecule has 1 atom stereocenters. The maximum atomic E-state index is 13.5. The number of pyridine rings is 2. The van der Waals surface area contributed by atoms with Gasteiger partial charge in [0.2, 0.25) is 0 Å². The van der Waals surface area contributed by atoms with Crippen LogP contribution in [-0.4, -0.2) is 15.1 Å². The van der Waals surface area contributed by atoms with Gasteiger partial charge >= 0.3 is 0 Å². The highest BCUT2D eigenvalue weighted by Gasteiger charge is 2.28. The van der Waals surface area contributed by atoms with E-state index in [1.807, 2.05) is 0 Å². The molecule has 82 valence electrons. The highest BCUT2D eigenvalue weighted by Crippen LogP contribution is 2.29. The fourth-order valence-electron chi connectivity index (χ4n) is 1.58. The molecule has 0 radical (unpaired) electrons. The van der Waals surface area contributed by atoms with Gasteiger partial charge in [0.05, 0.1) is 6.20 Å². The van der Waals surface area contributed by atoms with E-state index in [4.69, 9.17) is 0 Å². The second-order valence-corrected chi connectivity index (χ2v) is 3.67. The first-order chi connectivity index (χ1) is 7.62. The molecule has 2 aromatic heterocycles. The van der Waals surface area contributed by atoms with Crippen molar-refractivity contribution in [3.8, 4) is 0 Å².